The number of rotatable bonds is 13. The minimum atomic E-state index is -2.43. The third-order valence-corrected chi connectivity index (χ3v) is 22.2. The highest BCUT2D eigenvalue weighted by molar-refractivity contribution is 6.77. The predicted molar refractivity (Wildman–Crippen MR) is 251 cm³/mol. The van der Waals surface area contributed by atoms with Gasteiger partial charge in [0.05, 0.1) is 6.10 Å². The largest absolute Gasteiger partial charge is 0.458 e. The number of hydrogen-bond donors (Lipinski definition) is 2. The Kier molecular flexibility index (Phi) is 23.2. The monoisotopic (exact) mass is 855 g/mol. The number of nitrogens with two attached hydrogens (primary N) is 1. The van der Waals surface area contributed by atoms with Crippen LogP contribution in [-0.2, 0) is 27.9 Å². The molecule has 9 nitrogen and oxygen atoms in total. The van der Waals surface area contributed by atoms with Crippen molar-refractivity contribution in [2.75, 3.05) is 0 Å². The summed E-state index contributed by atoms with van der Waals surface area (Å²) in [4.78, 5) is 37.8. The van der Waals surface area contributed by atoms with E-state index in [0.717, 1.165) is 29.6 Å². The van der Waals surface area contributed by atoms with Crippen molar-refractivity contribution in [1.82, 2.24) is 5.32 Å². The van der Waals surface area contributed by atoms with Gasteiger partial charge in [-0.1, -0.05) is 128 Å². The molecule has 0 aliphatic carbocycles. The first kappa shape index (κ1) is 53.8. The van der Waals surface area contributed by atoms with Gasteiger partial charge in [-0.3, -0.25) is 4.79 Å². The summed E-state index contributed by atoms with van der Waals surface area (Å²) in [6, 6.07) is 0. The highest BCUT2D eigenvalue weighted by Crippen LogP contribution is 2.44. The summed E-state index contributed by atoms with van der Waals surface area (Å²) < 4.78 is 26.4. The molecule has 0 fully saturated rings. The van der Waals surface area contributed by atoms with Crippen LogP contribution in [0.2, 0.25) is 34.8 Å². The quantitative estimate of drug-likeness (QED) is 0.0621. The molecule has 0 aromatic rings. The van der Waals surface area contributed by atoms with Gasteiger partial charge in [0.15, 0.2) is 8.32 Å². The normalized spacial score (nSPS) is 22.0. The Balaban J connectivity index is 3.72. The highest BCUT2D eigenvalue weighted by atomic mass is 28.4. The van der Waals surface area contributed by atoms with Crippen LogP contribution in [0, 0.1) is 5.92 Å². The van der Waals surface area contributed by atoms with E-state index in [9.17, 15) is 14.4 Å². The van der Waals surface area contributed by atoms with E-state index in [1.165, 1.54) is 6.08 Å². The minimum absolute atomic E-state index is 0.00552. The number of cyclic esters (lactones) is 1. The Labute approximate surface area is 361 Å². The third kappa shape index (κ3) is 19.3. The molecule has 11 heteroatoms. The number of ether oxygens (including phenoxy) is 2. The highest BCUT2D eigenvalue weighted by Gasteiger charge is 2.48. The second-order valence-corrected chi connectivity index (χ2v) is 29.2. The number of amides is 2. The maximum absolute atomic E-state index is 13.2. The Hall–Kier alpha value is -3.26. The van der Waals surface area contributed by atoms with Crippen LogP contribution in [0.25, 0.3) is 0 Å². The minimum Gasteiger partial charge on any atom is -0.458 e. The fraction of sp³-hybridized carbons (Fsp3) is 0.646. The maximum Gasteiger partial charge on any atom is 0.404 e. The van der Waals surface area contributed by atoms with Crippen LogP contribution < -0.4 is 11.1 Å². The molecule has 0 unspecified atom stereocenters. The van der Waals surface area contributed by atoms with Gasteiger partial charge in [0.25, 0.3) is 0 Å². The van der Waals surface area contributed by atoms with Gasteiger partial charge in [0, 0.05) is 30.7 Å². The summed E-state index contributed by atoms with van der Waals surface area (Å²) in [5, 5.41) is 2.75. The Morgan fingerprint density at radius 1 is 0.932 bits per heavy atom. The van der Waals surface area contributed by atoms with Crippen molar-refractivity contribution >= 4 is 34.6 Å². The van der Waals surface area contributed by atoms with Gasteiger partial charge in [-0.2, -0.15) is 0 Å². The molecule has 0 saturated heterocycles. The molecule has 0 saturated carbocycles. The Morgan fingerprint density at radius 2 is 1.56 bits per heavy atom. The molecular weight excluding hydrogens is 773 g/mol. The molecule has 2 amide bonds. The summed E-state index contributed by atoms with van der Waals surface area (Å²) in [5.41, 5.74) is 9.60. The Bertz CT molecular complexity index is 1540. The predicted octanol–water partition coefficient (Wildman–Crippen LogP) is 12.5. The number of nitrogens with one attached hydrogen (secondary N) is 1. The summed E-state index contributed by atoms with van der Waals surface area (Å²) >= 11 is 0. The average molecular weight is 855 g/mol. The van der Waals surface area contributed by atoms with Gasteiger partial charge >= 0.3 is 12.1 Å². The molecule has 0 bridgehead atoms. The number of carbonyl (C=O) groups excluding carboxylic acids is 3. The van der Waals surface area contributed by atoms with Crippen molar-refractivity contribution in [1.29, 1.82) is 0 Å². The second-order valence-electron chi connectivity index (χ2n) is 19.0. The number of esters is 1. The van der Waals surface area contributed by atoms with Crippen LogP contribution in [0.4, 0.5) is 4.79 Å². The van der Waals surface area contributed by atoms with Crippen molar-refractivity contribution in [2.45, 2.75) is 195 Å². The lowest BCUT2D eigenvalue weighted by atomic mass is 9.95. The number of hydrogen-bond acceptors (Lipinski definition) is 7. The van der Waals surface area contributed by atoms with Crippen LogP contribution in [0.3, 0.4) is 0 Å². The fourth-order valence-electron chi connectivity index (χ4n) is 7.56. The van der Waals surface area contributed by atoms with Gasteiger partial charge in [-0.05, 0) is 101 Å². The van der Waals surface area contributed by atoms with Gasteiger partial charge < -0.3 is 29.4 Å². The number of allylic oxidation sites excluding steroid dienone is 7. The zero-order valence-electron chi connectivity index (χ0n) is 39.6. The van der Waals surface area contributed by atoms with Gasteiger partial charge in [-0.25, -0.2) is 9.59 Å². The molecule has 0 aromatic heterocycles. The van der Waals surface area contributed by atoms with E-state index in [1.54, 1.807) is 12.3 Å². The van der Waals surface area contributed by atoms with E-state index in [-0.39, 0.29) is 28.9 Å². The fourth-order valence-corrected chi connectivity index (χ4v) is 14.4. The summed E-state index contributed by atoms with van der Waals surface area (Å²) in [6.07, 6.45) is 22.1. The first-order valence-electron chi connectivity index (χ1n) is 21.8. The van der Waals surface area contributed by atoms with E-state index >= 15 is 0 Å². The molecule has 5 atom stereocenters. The number of carbonyl (C=O) groups is 3. The van der Waals surface area contributed by atoms with E-state index in [2.05, 4.69) is 105 Å². The smallest absolute Gasteiger partial charge is 0.404 e. The van der Waals surface area contributed by atoms with E-state index < -0.39 is 41.0 Å². The third-order valence-electron chi connectivity index (χ3n) is 11.6. The van der Waals surface area contributed by atoms with Gasteiger partial charge in [-0.15, -0.1) is 0 Å². The summed E-state index contributed by atoms with van der Waals surface area (Å²) in [6.45, 7) is 34.5. The van der Waals surface area contributed by atoms with Gasteiger partial charge in [0.2, 0.25) is 14.2 Å². The number of primary amides is 1. The van der Waals surface area contributed by atoms with Crippen LogP contribution >= 0.6 is 0 Å². The zero-order valence-corrected chi connectivity index (χ0v) is 41.6. The first-order chi connectivity index (χ1) is 27.3. The molecule has 1 heterocycles. The lowest BCUT2D eigenvalue weighted by molar-refractivity contribution is -0.144. The van der Waals surface area contributed by atoms with E-state index in [4.69, 9.17) is 24.1 Å². The standard InChI is InChI=1S/C48H82N2O7Si2/c1-34(2)31-45(51)50-30-29-39(10)32-40(11)44-33-38(9)23-19-17-21-25-42(55-47(49)53)43(57-59(35(3)4,36(5)6)37(7)8)28-27-41(56-58(15,16)48(12,13)14)24-20-18-22-26-46(52)54-44/h17,19,22-23,26-32,35-37,40-44H,18,20-21,24-25,33H2,1-16H3,(H2,49,53)(H,50,51)/t40-,41-,42-,43-,44-/m1/s1. The van der Waals surface area contributed by atoms with Crippen LogP contribution in [0.15, 0.2) is 83.7 Å². The molecule has 3 N–H and O–H groups in total. The molecule has 0 aromatic carbocycles. The van der Waals surface area contributed by atoms with Crippen molar-refractivity contribution in [2.24, 2.45) is 11.7 Å². The van der Waals surface area contributed by atoms with Crippen molar-refractivity contribution in [3.05, 3.63) is 83.7 Å². The maximum atomic E-state index is 13.2. The van der Waals surface area contributed by atoms with Crippen molar-refractivity contribution < 1.29 is 32.7 Å². The van der Waals surface area contributed by atoms with Crippen LogP contribution in [-0.4, -0.2) is 59.0 Å². The van der Waals surface area contributed by atoms with Crippen LogP contribution in [0.5, 0.6) is 0 Å². The van der Waals surface area contributed by atoms with E-state index in [0.29, 0.717) is 42.3 Å². The lowest BCUT2D eigenvalue weighted by Gasteiger charge is -2.45. The molecule has 1 aliphatic rings. The molecule has 1 aliphatic heterocycles. The lowest BCUT2D eigenvalue weighted by Crippen LogP contribution is -2.52. The van der Waals surface area contributed by atoms with Gasteiger partial charge in [0.1, 0.15) is 18.3 Å². The van der Waals surface area contributed by atoms with E-state index in [1.807, 2.05) is 58.9 Å². The first-order valence-corrected chi connectivity index (χ1v) is 26.9. The SMILES string of the molecule is CC(C)=CC(=O)NC=CC(C)=C[C@@H](C)[C@H]1CC(C)=CC=CCC[C@@H](OC(N)=O)[C@H](O[Si](C(C)C)(C(C)C)C(C)C)C=C[C@H](O[Si](C)(C)C(C)(C)C)CCCC=CC(=O)O1. The zero-order chi connectivity index (χ0) is 45.1. The van der Waals surface area contributed by atoms with Crippen molar-refractivity contribution in [3.8, 4) is 0 Å². The summed E-state index contributed by atoms with van der Waals surface area (Å²) in [7, 11) is -4.63. The Morgan fingerprint density at radius 3 is 2.12 bits per heavy atom. The molecule has 0 radical (unpaired) electrons. The molecule has 1 rings (SSSR count). The summed E-state index contributed by atoms with van der Waals surface area (Å²) in [5.74, 6) is -0.673. The molecule has 0 spiro atoms. The topological polar surface area (TPSA) is 126 Å². The average Bonchev–Trinajstić information content (AvgIpc) is 3.08. The van der Waals surface area contributed by atoms with Crippen molar-refractivity contribution in [3.63, 3.8) is 0 Å². The molecule has 59 heavy (non-hydrogen) atoms. The molecule has 334 valence electrons. The van der Waals surface area contributed by atoms with Crippen LogP contribution in [0.1, 0.15) is 135 Å². The second kappa shape index (κ2) is 25.5. The molecular formula is C48H82N2O7Si2.